The van der Waals surface area contributed by atoms with E-state index in [0.717, 1.165) is 73.1 Å². The second kappa shape index (κ2) is 22.5. The Morgan fingerprint density at radius 3 is 1.25 bits per heavy atom. The molecule has 0 N–H and O–H groups in total. The molecule has 1 heterocycles. The lowest BCUT2D eigenvalue weighted by atomic mass is 9.82. The molecule has 2 nitrogen and oxygen atoms in total. The fourth-order valence-electron chi connectivity index (χ4n) is 12.7. The van der Waals surface area contributed by atoms with Crippen molar-refractivity contribution < 1.29 is 0 Å². The van der Waals surface area contributed by atoms with Crippen molar-refractivity contribution in [2.45, 2.75) is 105 Å². The van der Waals surface area contributed by atoms with E-state index in [0.29, 0.717) is 5.02 Å². The Morgan fingerprint density at radius 2 is 0.716 bits per heavy atom. The van der Waals surface area contributed by atoms with Crippen molar-refractivity contribution in [2.75, 3.05) is 9.80 Å². The molecule has 13 aromatic rings. The molecule has 0 radical (unpaired) electrons. The molecule has 88 heavy (non-hydrogen) atoms. The summed E-state index contributed by atoms with van der Waals surface area (Å²) in [6.07, 6.45) is 0. The number of benzene rings is 12. The van der Waals surface area contributed by atoms with Gasteiger partial charge in [-0.1, -0.05) is 271 Å². The normalized spacial score (nSPS) is 12.4. The zero-order valence-corrected chi connectivity index (χ0v) is 54.4. The Balaban J connectivity index is 1.11. The molecule has 0 aliphatic carbocycles. The third kappa shape index (κ3) is 10.9. The molecule has 1 aromatic heterocycles. The van der Waals surface area contributed by atoms with Crippen molar-refractivity contribution in [2.24, 2.45) is 0 Å². The van der Waals surface area contributed by atoms with Gasteiger partial charge < -0.3 is 9.80 Å². The van der Waals surface area contributed by atoms with Crippen LogP contribution in [-0.4, -0.2) is 0 Å². The van der Waals surface area contributed by atoms with E-state index < -0.39 is 0 Å². The summed E-state index contributed by atoms with van der Waals surface area (Å²) in [6, 6.07) is 90.5. The monoisotopic (exact) mass is 1180 g/mol. The van der Waals surface area contributed by atoms with Gasteiger partial charge in [-0.3, -0.25) is 0 Å². The fourth-order valence-corrected chi connectivity index (χ4v) is 13.9. The van der Waals surface area contributed by atoms with Gasteiger partial charge in [0.25, 0.3) is 0 Å². The molecule has 0 fully saturated rings. The number of thiophene rings is 1. The van der Waals surface area contributed by atoms with E-state index in [1.807, 2.05) is 0 Å². The summed E-state index contributed by atoms with van der Waals surface area (Å²) in [6.45, 7) is 27.6. The topological polar surface area (TPSA) is 6.48 Å². The van der Waals surface area contributed by atoms with Crippen LogP contribution in [0.2, 0.25) is 5.02 Å². The van der Waals surface area contributed by atoms with Crippen molar-refractivity contribution in [3.05, 3.63) is 275 Å². The molecule has 0 bridgehead atoms. The minimum absolute atomic E-state index is 0.0482. The van der Waals surface area contributed by atoms with Crippen LogP contribution >= 0.6 is 22.9 Å². The predicted octanol–water partition coefficient (Wildman–Crippen LogP) is 25.8. The Bertz CT molecular complexity index is 4660. The molecule has 0 unspecified atom stereocenters. The van der Waals surface area contributed by atoms with Crippen LogP contribution in [0.25, 0.3) is 86.9 Å². The summed E-state index contributed by atoms with van der Waals surface area (Å²) >= 11 is 10.4. The number of nitrogens with zero attached hydrogens (tertiary/aromatic N) is 2. The molecule has 0 atom stereocenters. The SMILES string of the molecule is CC(C)(C)c1ccc(-c2ccc(N(c3cccc(N(c4ccc(C(C)(C)C)cc4-c4ccc5c6ccccc6c6ccccc6c5c4)c4csc5ccc(C(C)(C)C)cc45)c3Cl)c3c(-c4ccccc4)cc(C(C)(C)C)cc3-c3ccccc3)cc2)cc1. The third-order valence-corrected chi connectivity index (χ3v) is 19.2. The van der Waals surface area contributed by atoms with Gasteiger partial charge in [-0.25, -0.2) is 0 Å². The predicted molar refractivity (Wildman–Crippen MR) is 385 cm³/mol. The van der Waals surface area contributed by atoms with Gasteiger partial charge in [-0.05, 0) is 171 Å². The van der Waals surface area contributed by atoms with Crippen molar-refractivity contribution in [1.29, 1.82) is 0 Å². The molecule has 12 aromatic carbocycles. The first-order chi connectivity index (χ1) is 42.1. The van der Waals surface area contributed by atoms with Gasteiger partial charge in [-0.15, -0.1) is 11.3 Å². The molecule has 0 saturated heterocycles. The first kappa shape index (κ1) is 58.3. The van der Waals surface area contributed by atoms with Gasteiger partial charge in [0.2, 0.25) is 0 Å². The van der Waals surface area contributed by atoms with Crippen LogP contribution in [0.4, 0.5) is 34.1 Å². The standard InChI is InChI=1S/C84H77ClN2S/c1-81(2,3)59-39-34-54(35-40-59)55-36-43-63(44-37-55)86(80-70(56-24-15-13-16-25-56)51-62(84(10,11)12)52-71(80)57-26-17-14-18-27-57)75-32-23-33-76(79(75)85)87(77-53-88-78-47-42-61(50-73(77)78)83(7,8)9)74-46-41-60(82(4,5)6)49-69(74)58-38-45-68-66-30-20-19-28-64(66)65-29-21-22-31-67(65)72(68)48-58/h13-53H,1-12H3. The maximum absolute atomic E-state index is 8.62. The van der Waals surface area contributed by atoms with E-state index in [4.69, 9.17) is 11.6 Å². The summed E-state index contributed by atoms with van der Waals surface area (Å²) in [5.41, 5.74) is 19.6. The molecular weight excluding hydrogens is 1100 g/mol. The maximum Gasteiger partial charge on any atom is 0.0887 e. The number of halogens is 1. The first-order valence-electron chi connectivity index (χ1n) is 31.0. The highest BCUT2D eigenvalue weighted by atomic mass is 35.5. The number of hydrogen-bond donors (Lipinski definition) is 0. The number of fused-ring (bicyclic) bond motifs is 7. The summed E-state index contributed by atoms with van der Waals surface area (Å²) in [4.78, 5) is 4.92. The van der Waals surface area contributed by atoms with Crippen LogP contribution < -0.4 is 9.80 Å². The van der Waals surface area contributed by atoms with Crippen molar-refractivity contribution >= 4 is 99.5 Å². The quantitative estimate of drug-likeness (QED) is 0.126. The van der Waals surface area contributed by atoms with E-state index in [2.05, 4.69) is 341 Å². The summed E-state index contributed by atoms with van der Waals surface area (Å²) in [5, 5.41) is 11.6. The highest BCUT2D eigenvalue weighted by molar-refractivity contribution is 7.17. The zero-order chi connectivity index (χ0) is 61.4. The Kier molecular flexibility index (Phi) is 14.9. The zero-order valence-electron chi connectivity index (χ0n) is 52.9. The molecule has 0 amide bonds. The molecule has 13 rings (SSSR count). The lowest BCUT2D eigenvalue weighted by Crippen LogP contribution is -2.18. The van der Waals surface area contributed by atoms with Gasteiger partial charge in [0, 0.05) is 37.8 Å². The smallest absolute Gasteiger partial charge is 0.0887 e. The van der Waals surface area contributed by atoms with E-state index in [-0.39, 0.29) is 21.7 Å². The van der Waals surface area contributed by atoms with Crippen LogP contribution in [0.3, 0.4) is 0 Å². The Hall–Kier alpha value is -8.73. The average molecular weight is 1180 g/mol. The van der Waals surface area contributed by atoms with Crippen LogP contribution in [0, 0.1) is 0 Å². The van der Waals surface area contributed by atoms with E-state index in [9.17, 15) is 0 Å². The minimum atomic E-state index is -0.166. The summed E-state index contributed by atoms with van der Waals surface area (Å²) < 4.78 is 1.21. The molecule has 0 aliphatic heterocycles. The van der Waals surface area contributed by atoms with Crippen LogP contribution in [0.5, 0.6) is 0 Å². The van der Waals surface area contributed by atoms with Crippen LogP contribution in [0.15, 0.2) is 248 Å². The lowest BCUT2D eigenvalue weighted by molar-refractivity contribution is 0.590. The number of anilines is 6. The molecule has 4 heteroatoms. The maximum atomic E-state index is 8.62. The van der Waals surface area contributed by atoms with Gasteiger partial charge in [0.1, 0.15) is 0 Å². The molecule has 436 valence electrons. The lowest BCUT2D eigenvalue weighted by Gasteiger charge is -2.35. The highest BCUT2D eigenvalue weighted by Crippen LogP contribution is 2.55. The van der Waals surface area contributed by atoms with Gasteiger partial charge in [-0.2, -0.15) is 0 Å². The average Bonchev–Trinajstić information content (AvgIpc) is 1.04. The van der Waals surface area contributed by atoms with Gasteiger partial charge in [0.15, 0.2) is 0 Å². The molecule has 0 spiro atoms. The fraction of sp³-hybridized carbons (Fsp3) is 0.190. The first-order valence-corrected chi connectivity index (χ1v) is 32.2. The largest absolute Gasteiger partial charge is 0.308 e. The van der Waals surface area contributed by atoms with E-state index in [1.165, 1.54) is 70.2 Å². The Labute approximate surface area is 530 Å². The second-order valence-electron chi connectivity index (χ2n) is 28.0. The van der Waals surface area contributed by atoms with Crippen molar-refractivity contribution in [3.63, 3.8) is 0 Å². The minimum Gasteiger partial charge on any atom is -0.308 e. The number of hydrogen-bond acceptors (Lipinski definition) is 3. The third-order valence-electron chi connectivity index (χ3n) is 17.8. The summed E-state index contributed by atoms with van der Waals surface area (Å²) in [5.74, 6) is 0. The highest BCUT2D eigenvalue weighted by Gasteiger charge is 2.32. The van der Waals surface area contributed by atoms with E-state index in [1.54, 1.807) is 11.3 Å². The second-order valence-corrected chi connectivity index (χ2v) is 29.3. The van der Waals surface area contributed by atoms with E-state index >= 15 is 0 Å². The Morgan fingerprint density at radius 1 is 0.284 bits per heavy atom. The van der Waals surface area contributed by atoms with Crippen LogP contribution in [0.1, 0.15) is 105 Å². The van der Waals surface area contributed by atoms with Gasteiger partial charge in [0.05, 0.1) is 33.5 Å². The molecule has 0 saturated carbocycles. The molecular formula is C84H77ClN2S. The molecule has 0 aliphatic rings. The number of rotatable bonds is 10. The summed E-state index contributed by atoms with van der Waals surface area (Å²) in [7, 11) is 0. The van der Waals surface area contributed by atoms with Gasteiger partial charge >= 0.3 is 0 Å². The van der Waals surface area contributed by atoms with Crippen LogP contribution in [-0.2, 0) is 21.7 Å². The van der Waals surface area contributed by atoms with Crippen molar-refractivity contribution in [1.82, 2.24) is 0 Å². The van der Waals surface area contributed by atoms with Crippen molar-refractivity contribution in [3.8, 4) is 44.5 Å².